The Hall–Kier alpha value is -1.15. The van der Waals surface area contributed by atoms with Crippen LogP contribution in [0.4, 0.5) is 5.69 Å². The smallest absolute Gasteiger partial charge is 0.240 e. The van der Waals surface area contributed by atoms with E-state index in [1.165, 1.54) is 0 Å². The Bertz CT molecular complexity index is 500. The van der Waals surface area contributed by atoms with Crippen molar-refractivity contribution in [3.05, 3.63) is 24.3 Å². The normalized spacial score (nSPS) is 11.8. The maximum atomic E-state index is 11.9. The molecule has 0 saturated heterocycles. The Morgan fingerprint density at radius 1 is 1.19 bits per heavy atom. The van der Waals surface area contributed by atoms with Gasteiger partial charge in [-0.05, 0) is 44.5 Å². The molecule has 1 aromatic rings. The van der Waals surface area contributed by atoms with E-state index in [1.54, 1.807) is 38.1 Å². The highest BCUT2D eigenvalue weighted by molar-refractivity contribution is 7.89. The second-order valence-electron chi connectivity index (χ2n) is 4.92. The molecule has 7 heteroatoms. The van der Waals surface area contributed by atoms with Crippen LogP contribution in [0.5, 0.6) is 0 Å². The molecule has 0 fully saturated rings. The lowest BCUT2D eigenvalue weighted by atomic mass is 10.3. The molecule has 0 atom stereocenters. The van der Waals surface area contributed by atoms with Gasteiger partial charge in [-0.25, -0.2) is 13.1 Å². The van der Waals surface area contributed by atoms with Gasteiger partial charge in [-0.1, -0.05) is 0 Å². The molecule has 0 radical (unpaired) electrons. The Morgan fingerprint density at radius 2 is 1.86 bits per heavy atom. The van der Waals surface area contributed by atoms with E-state index in [-0.39, 0.29) is 17.5 Å². The molecular weight excluding hydrogens is 292 g/mol. The van der Waals surface area contributed by atoms with Crippen LogP contribution in [0, 0.1) is 0 Å². The minimum Gasteiger partial charge on any atom is -0.394 e. The second-order valence-corrected chi connectivity index (χ2v) is 6.63. The maximum Gasteiger partial charge on any atom is 0.240 e. The molecule has 120 valence electrons. The molecule has 0 aromatic heterocycles. The van der Waals surface area contributed by atoms with Crippen LogP contribution < -0.4 is 10.0 Å². The predicted molar refractivity (Wildman–Crippen MR) is 82.9 cm³/mol. The third-order valence-corrected chi connectivity index (χ3v) is 4.26. The summed E-state index contributed by atoms with van der Waals surface area (Å²) in [6, 6.07) is 6.50. The van der Waals surface area contributed by atoms with Crippen molar-refractivity contribution < 1.29 is 18.3 Å². The Kier molecular flexibility index (Phi) is 7.66. The van der Waals surface area contributed by atoms with Crippen LogP contribution in [0.15, 0.2) is 29.2 Å². The molecule has 1 aromatic carbocycles. The van der Waals surface area contributed by atoms with Crippen LogP contribution in [-0.2, 0) is 14.8 Å². The lowest BCUT2D eigenvalue weighted by Gasteiger charge is -2.11. The van der Waals surface area contributed by atoms with Crippen LogP contribution in [0.2, 0.25) is 0 Å². The van der Waals surface area contributed by atoms with Crippen molar-refractivity contribution in [1.82, 2.24) is 4.72 Å². The first-order valence-electron chi connectivity index (χ1n) is 7.00. The van der Waals surface area contributed by atoms with Crippen molar-refractivity contribution >= 4 is 15.7 Å². The average molecular weight is 316 g/mol. The first-order chi connectivity index (χ1) is 9.95. The van der Waals surface area contributed by atoms with E-state index in [4.69, 9.17) is 9.84 Å². The Balaban J connectivity index is 2.44. The van der Waals surface area contributed by atoms with E-state index in [0.717, 1.165) is 18.7 Å². The number of hydrogen-bond donors (Lipinski definition) is 3. The molecule has 0 aliphatic heterocycles. The molecular formula is C14H24N2O4S. The van der Waals surface area contributed by atoms with Gasteiger partial charge in [0.15, 0.2) is 0 Å². The van der Waals surface area contributed by atoms with Gasteiger partial charge in [0.05, 0.1) is 18.1 Å². The van der Waals surface area contributed by atoms with E-state index in [2.05, 4.69) is 10.0 Å². The van der Waals surface area contributed by atoms with Crippen LogP contribution >= 0.6 is 0 Å². The van der Waals surface area contributed by atoms with Gasteiger partial charge in [0.25, 0.3) is 0 Å². The molecule has 3 N–H and O–H groups in total. The summed E-state index contributed by atoms with van der Waals surface area (Å²) in [6.07, 6.45) is 0.814. The number of aliphatic hydroxyl groups excluding tert-OH is 1. The summed E-state index contributed by atoms with van der Waals surface area (Å²) in [7, 11) is -3.43. The van der Waals surface area contributed by atoms with Crippen molar-refractivity contribution in [2.45, 2.75) is 31.2 Å². The van der Waals surface area contributed by atoms with Gasteiger partial charge < -0.3 is 15.2 Å². The highest BCUT2D eigenvalue weighted by Crippen LogP contribution is 2.14. The zero-order valence-electron chi connectivity index (χ0n) is 12.5. The molecule has 0 bridgehead atoms. The lowest BCUT2D eigenvalue weighted by Crippen LogP contribution is -2.30. The number of ether oxygens (including phenoxy) is 1. The number of rotatable bonds is 10. The summed E-state index contributed by atoms with van der Waals surface area (Å²) in [5, 5.41) is 11.7. The van der Waals surface area contributed by atoms with Gasteiger partial charge in [-0.2, -0.15) is 0 Å². The molecule has 21 heavy (non-hydrogen) atoms. The maximum absolute atomic E-state index is 11.9. The summed E-state index contributed by atoms with van der Waals surface area (Å²) in [5.74, 6) is 0. The summed E-state index contributed by atoms with van der Waals surface area (Å²) >= 11 is 0. The van der Waals surface area contributed by atoms with E-state index in [1.807, 2.05) is 0 Å². The summed E-state index contributed by atoms with van der Waals surface area (Å²) in [6.45, 7) is 5.27. The minimum atomic E-state index is -3.43. The van der Waals surface area contributed by atoms with Crippen molar-refractivity contribution in [3.63, 3.8) is 0 Å². The van der Waals surface area contributed by atoms with Crippen molar-refractivity contribution in [3.8, 4) is 0 Å². The van der Waals surface area contributed by atoms with E-state index >= 15 is 0 Å². The second kappa shape index (κ2) is 8.99. The summed E-state index contributed by atoms with van der Waals surface area (Å²) < 4.78 is 31.6. The highest BCUT2D eigenvalue weighted by Gasteiger charge is 2.14. The SMILES string of the molecule is CC(C)NS(=O)(=O)c1ccc(NCCCOCCO)cc1. The van der Waals surface area contributed by atoms with Crippen LogP contribution in [-0.4, -0.2) is 45.9 Å². The third-order valence-electron chi connectivity index (χ3n) is 2.59. The molecule has 0 spiro atoms. The first-order valence-corrected chi connectivity index (χ1v) is 8.49. The van der Waals surface area contributed by atoms with Crippen LogP contribution in [0.25, 0.3) is 0 Å². The average Bonchev–Trinajstić information content (AvgIpc) is 2.42. The molecule has 0 aliphatic carbocycles. The molecule has 0 unspecified atom stereocenters. The quantitative estimate of drug-likeness (QED) is 0.564. The van der Waals surface area contributed by atoms with E-state index < -0.39 is 10.0 Å². The predicted octanol–water partition coefficient (Wildman–Crippen LogP) is 1.18. The van der Waals surface area contributed by atoms with Gasteiger partial charge in [0.1, 0.15) is 0 Å². The van der Waals surface area contributed by atoms with Gasteiger partial charge in [-0.3, -0.25) is 0 Å². The van der Waals surface area contributed by atoms with Gasteiger partial charge in [0, 0.05) is 24.9 Å². The Morgan fingerprint density at radius 3 is 2.43 bits per heavy atom. The molecule has 0 amide bonds. The van der Waals surface area contributed by atoms with Crippen LogP contribution in [0.3, 0.4) is 0 Å². The first kappa shape index (κ1) is 17.9. The number of anilines is 1. The third kappa shape index (κ3) is 6.90. The minimum absolute atomic E-state index is 0.0355. The van der Waals surface area contributed by atoms with E-state index in [0.29, 0.717) is 13.2 Å². The van der Waals surface area contributed by atoms with Crippen LogP contribution in [0.1, 0.15) is 20.3 Å². The fraction of sp³-hybridized carbons (Fsp3) is 0.571. The van der Waals surface area contributed by atoms with Crippen molar-refractivity contribution in [2.24, 2.45) is 0 Å². The van der Waals surface area contributed by atoms with Gasteiger partial charge in [0.2, 0.25) is 10.0 Å². The van der Waals surface area contributed by atoms with E-state index in [9.17, 15) is 8.42 Å². The zero-order chi connectivity index (χ0) is 15.7. The van der Waals surface area contributed by atoms with Crippen molar-refractivity contribution in [1.29, 1.82) is 0 Å². The molecule has 0 heterocycles. The van der Waals surface area contributed by atoms with Gasteiger partial charge >= 0.3 is 0 Å². The standard InChI is InChI=1S/C14H24N2O4S/c1-12(2)16-21(18,19)14-6-4-13(5-7-14)15-8-3-10-20-11-9-17/h4-7,12,15-17H,3,8-11H2,1-2H3. The Labute approximate surface area is 126 Å². The number of aliphatic hydroxyl groups is 1. The fourth-order valence-corrected chi connectivity index (χ4v) is 2.95. The summed E-state index contributed by atoms with van der Waals surface area (Å²) in [4.78, 5) is 0.257. The lowest BCUT2D eigenvalue weighted by molar-refractivity contribution is 0.0922. The number of sulfonamides is 1. The highest BCUT2D eigenvalue weighted by atomic mass is 32.2. The summed E-state index contributed by atoms with van der Waals surface area (Å²) in [5.41, 5.74) is 0.862. The van der Waals surface area contributed by atoms with Crippen molar-refractivity contribution in [2.75, 3.05) is 31.7 Å². The molecule has 0 saturated carbocycles. The molecule has 6 nitrogen and oxygen atoms in total. The molecule has 0 aliphatic rings. The monoisotopic (exact) mass is 316 g/mol. The number of benzene rings is 1. The topological polar surface area (TPSA) is 87.7 Å². The number of nitrogens with one attached hydrogen (secondary N) is 2. The van der Waals surface area contributed by atoms with Gasteiger partial charge in [-0.15, -0.1) is 0 Å². The largest absolute Gasteiger partial charge is 0.394 e. The molecule has 1 rings (SSSR count). The fourth-order valence-electron chi connectivity index (χ4n) is 1.70. The zero-order valence-corrected chi connectivity index (χ0v) is 13.3. The number of hydrogen-bond acceptors (Lipinski definition) is 5.